The first-order valence-corrected chi connectivity index (χ1v) is 9.38. The number of pyridine rings is 1. The summed E-state index contributed by atoms with van der Waals surface area (Å²) in [7, 11) is 0. The van der Waals surface area contributed by atoms with Crippen molar-refractivity contribution in [1.82, 2.24) is 4.98 Å². The molecule has 3 rings (SSSR count). The van der Waals surface area contributed by atoms with Crippen LogP contribution in [0, 0.1) is 0 Å². The van der Waals surface area contributed by atoms with Crippen LogP contribution in [0.4, 0.5) is 0 Å². The molecule has 0 atom stereocenters. The topological polar surface area (TPSA) is 42.1 Å². The van der Waals surface area contributed by atoms with Gasteiger partial charge in [-0.2, -0.15) is 0 Å². The summed E-state index contributed by atoms with van der Waals surface area (Å²) in [6, 6.07) is 9.76. The van der Waals surface area contributed by atoms with E-state index >= 15 is 0 Å². The number of hydrogen-bond donors (Lipinski definition) is 1. The average Bonchev–Trinajstić information content (AvgIpc) is 3.43. The molecule has 1 aromatic heterocycles. The van der Waals surface area contributed by atoms with Crippen LogP contribution in [0.1, 0.15) is 62.3 Å². The molecule has 1 fully saturated rings. The Morgan fingerprint density at radius 3 is 2.72 bits per heavy atom. The van der Waals surface area contributed by atoms with Crippen molar-refractivity contribution >= 4 is 17.2 Å². The van der Waals surface area contributed by atoms with Crippen LogP contribution in [0.5, 0.6) is 5.75 Å². The van der Waals surface area contributed by atoms with Crippen LogP contribution in [-0.2, 0) is 0 Å². The smallest absolute Gasteiger partial charge is 0.251 e. The third-order valence-corrected chi connectivity index (χ3v) is 4.74. The van der Waals surface area contributed by atoms with E-state index in [0.29, 0.717) is 23.3 Å². The van der Waals surface area contributed by atoms with Crippen molar-refractivity contribution < 1.29 is 4.74 Å². The maximum absolute atomic E-state index is 12.4. The lowest BCUT2D eigenvalue weighted by atomic mass is 9.99. The minimum absolute atomic E-state index is 0.0291. The zero-order valence-electron chi connectivity index (χ0n) is 14.8. The van der Waals surface area contributed by atoms with E-state index in [1.54, 1.807) is 0 Å². The van der Waals surface area contributed by atoms with E-state index in [2.05, 4.69) is 18.0 Å². The second-order valence-electron chi connectivity index (χ2n) is 6.42. The summed E-state index contributed by atoms with van der Waals surface area (Å²) in [6.07, 6.45) is 6.39. The summed E-state index contributed by atoms with van der Waals surface area (Å²) in [6.45, 7) is 4.63. The molecule has 132 valence electrons. The predicted molar refractivity (Wildman–Crippen MR) is 104 cm³/mol. The van der Waals surface area contributed by atoms with Crippen LogP contribution in [0.2, 0.25) is 5.02 Å². The maximum atomic E-state index is 12.4. The third kappa shape index (κ3) is 4.16. The van der Waals surface area contributed by atoms with Crippen LogP contribution in [0.25, 0.3) is 5.57 Å². The Balaban J connectivity index is 2.02. The number of nitrogens with one attached hydrogen (secondary N) is 1. The highest BCUT2D eigenvalue weighted by molar-refractivity contribution is 6.32. The quantitative estimate of drug-likeness (QED) is 0.707. The lowest BCUT2D eigenvalue weighted by Crippen LogP contribution is -2.13. The molecule has 0 bridgehead atoms. The van der Waals surface area contributed by atoms with Crippen molar-refractivity contribution in [3.8, 4) is 5.75 Å². The largest absolute Gasteiger partial charge is 0.492 e. The number of benzene rings is 1. The molecule has 0 spiro atoms. The van der Waals surface area contributed by atoms with Gasteiger partial charge in [-0.05, 0) is 55.9 Å². The van der Waals surface area contributed by atoms with Gasteiger partial charge < -0.3 is 9.72 Å². The van der Waals surface area contributed by atoms with Gasteiger partial charge in [0.2, 0.25) is 0 Å². The number of ether oxygens (including phenoxy) is 1. The molecule has 0 unspecified atom stereocenters. The van der Waals surface area contributed by atoms with Crippen molar-refractivity contribution in [3.05, 3.63) is 68.6 Å². The minimum Gasteiger partial charge on any atom is -0.492 e. The molecule has 0 aliphatic heterocycles. The number of H-pyrrole nitrogens is 1. The van der Waals surface area contributed by atoms with Crippen molar-refractivity contribution in [2.45, 2.75) is 45.4 Å². The Labute approximate surface area is 153 Å². The minimum atomic E-state index is 0.0291. The van der Waals surface area contributed by atoms with E-state index in [4.69, 9.17) is 16.3 Å². The summed E-state index contributed by atoms with van der Waals surface area (Å²) in [4.78, 5) is 15.5. The van der Waals surface area contributed by atoms with Gasteiger partial charge in [-0.3, -0.25) is 4.79 Å². The lowest BCUT2D eigenvalue weighted by molar-refractivity contribution is 0.340. The Morgan fingerprint density at radius 2 is 2.08 bits per heavy atom. The predicted octanol–water partition coefficient (Wildman–Crippen LogP) is 5.54. The highest BCUT2D eigenvalue weighted by Gasteiger charge is 2.26. The number of allylic oxidation sites excluding steroid dienone is 1. The van der Waals surface area contributed by atoms with E-state index in [-0.39, 0.29) is 5.56 Å². The van der Waals surface area contributed by atoms with Gasteiger partial charge in [0.25, 0.3) is 5.56 Å². The van der Waals surface area contributed by atoms with Gasteiger partial charge in [0, 0.05) is 16.8 Å². The molecule has 0 amide bonds. The van der Waals surface area contributed by atoms with E-state index in [0.717, 1.165) is 48.1 Å². The van der Waals surface area contributed by atoms with Crippen molar-refractivity contribution in [2.75, 3.05) is 6.61 Å². The Bertz CT molecular complexity index is 834. The normalized spacial score (nSPS) is 14.6. The highest BCUT2D eigenvalue weighted by Crippen LogP contribution is 2.38. The first-order valence-electron chi connectivity index (χ1n) is 9.00. The number of aromatic amines is 1. The third-order valence-electron chi connectivity index (χ3n) is 4.43. The van der Waals surface area contributed by atoms with Gasteiger partial charge in [-0.25, -0.2) is 0 Å². The van der Waals surface area contributed by atoms with Gasteiger partial charge in [-0.15, -0.1) is 0 Å². The fraction of sp³-hybridized carbons (Fsp3) is 0.381. The molecule has 25 heavy (non-hydrogen) atoms. The molecule has 0 saturated heterocycles. The SMILES string of the molecule is CCC/C=C(\c1ccc(Cl)c(OCC)c1)c1ccc(C2CC2)c(=O)[nH]1. The van der Waals surface area contributed by atoms with Crippen molar-refractivity contribution in [1.29, 1.82) is 0 Å². The van der Waals surface area contributed by atoms with Gasteiger partial charge in [0.1, 0.15) is 5.75 Å². The molecule has 2 aromatic rings. The molecule has 1 N–H and O–H groups in total. The number of hydrogen-bond acceptors (Lipinski definition) is 2. The number of unbranched alkanes of at least 4 members (excludes halogenated alkanes) is 1. The summed E-state index contributed by atoms with van der Waals surface area (Å²) in [5.74, 6) is 1.11. The van der Waals surface area contributed by atoms with Crippen LogP contribution in [0.15, 0.2) is 41.2 Å². The van der Waals surface area contributed by atoms with Gasteiger partial charge >= 0.3 is 0 Å². The summed E-state index contributed by atoms with van der Waals surface area (Å²) >= 11 is 6.22. The van der Waals surface area contributed by atoms with E-state index in [1.165, 1.54) is 0 Å². The molecule has 1 heterocycles. The van der Waals surface area contributed by atoms with E-state index < -0.39 is 0 Å². The van der Waals surface area contributed by atoms with Crippen LogP contribution in [-0.4, -0.2) is 11.6 Å². The molecular weight excluding hydrogens is 334 g/mol. The second kappa shape index (κ2) is 7.92. The first-order chi connectivity index (χ1) is 12.1. The molecule has 1 aliphatic rings. The maximum Gasteiger partial charge on any atom is 0.251 e. The fourth-order valence-electron chi connectivity index (χ4n) is 2.97. The molecule has 1 aliphatic carbocycles. The molecule has 0 radical (unpaired) electrons. The monoisotopic (exact) mass is 357 g/mol. The van der Waals surface area contributed by atoms with Crippen LogP contribution in [0.3, 0.4) is 0 Å². The van der Waals surface area contributed by atoms with Crippen LogP contribution >= 0.6 is 11.6 Å². The molecular formula is C21H24ClNO2. The summed E-state index contributed by atoms with van der Waals surface area (Å²) < 4.78 is 5.62. The standard InChI is InChI=1S/C21H24ClNO2/c1-3-5-6-16(15-9-11-18(22)20(13-15)25-4-2)19-12-10-17(14-7-8-14)21(24)23-19/h6,9-14H,3-5,7-8H2,1-2H3,(H,23,24)/b16-6+. The summed E-state index contributed by atoms with van der Waals surface area (Å²) in [5.41, 5.74) is 3.79. The lowest BCUT2D eigenvalue weighted by Gasteiger charge is -2.12. The molecule has 1 saturated carbocycles. The van der Waals surface area contributed by atoms with Crippen LogP contribution < -0.4 is 10.3 Å². The fourth-order valence-corrected chi connectivity index (χ4v) is 3.14. The highest BCUT2D eigenvalue weighted by atomic mass is 35.5. The number of halogens is 1. The number of rotatable bonds is 7. The average molecular weight is 358 g/mol. The van der Waals surface area contributed by atoms with Crippen molar-refractivity contribution in [3.63, 3.8) is 0 Å². The summed E-state index contributed by atoms with van der Waals surface area (Å²) in [5, 5.41) is 0.595. The van der Waals surface area contributed by atoms with Crippen molar-refractivity contribution in [2.24, 2.45) is 0 Å². The zero-order chi connectivity index (χ0) is 17.8. The van der Waals surface area contributed by atoms with E-state index in [9.17, 15) is 4.79 Å². The first kappa shape index (κ1) is 17.8. The van der Waals surface area contributed by atoms with Gasteiger partial charge in [-0.1, -0.05) is 43.2 Å². The van der Waals surface area contributed by atoms with Gasteiger partial charge in [0.15, 0.2) is 0 Å². The Hall–Kier alpha value is -2.00. The molecule has 1 aromatic carbocycles. The molecule has 4 heteroatoms. The second-order valence-corrected chi connectivity index (χ2v) is 6.82. The van der Waals surface area contributed by atoms with Gasteiger partial charge in [0.05, 0.1) is 11.6 Å². The number of aromatic nitrogens is 1. The molecule has 3 nitrogen and oxygen atoms in total. The Kier molecular flexibility index (Phi) is 5.64. The Morgan fingerprint density at radius 1 is 1.28 bits per heavy atom. The zero-order valence-corrected chi connectivity index (χ0v) is 15.5. The van der Waals surface area contributed by atoms with E-state index in [1.807, 2.05) is 37.3 Å².